The third-order valence-corrected chi connectivity index (χ3v) is 2.74. The summed E-state index contributed by atoms with van der Waals surface area (Å²) >= 11 is 0. The number of nitrogens with zero attached hydrogens (tertiary/aromatic N) is 1. The normalized spacial score (nSPS) is 13.3. The van der Waals surface area contributed by atoms with Crippen molar-refractivity contribution in [3.05, 3.63) is 30.3 Å². The van der Waals surface area contributed by atoms with E-state index >= 15 is 0 Å². The van der Waals surface area contributed by atoms with Crippen molar-refractivity contribution in [1.29, 1.82) is 0 Å². The number of carbonyl (C=O) groups excluding carboxylic acids is 1. The minimum atomic E-state index is -4.42. The van der Waals surface area contributed by atoms with Crippen molar-refractivity contribution in [2.75, 3.05) is 25.0 Å². The number of alkyl halides is 3. The minimum absolute atomic E-state index is 0.219. The summed E-state index contributed by atoms with van der Waals surface area (Å²) < 4.78 is 37.3. The number of aliphatic hydroxyl groups excluding tert-OH is 1. The van der Waals surface area contributed by atoms with Crippen LogP contribution < -0.4 is 5.32 Å². The molecule has 4 nitrogen and oxygen atoms in total. The van der Waals surface area contributed by atoms with Gasteiger partial charge < -0.3 is 10.4 Å². The second-order valence-electron chi connectivity index (χ2n) is 4.34. The van der Waals surface area contributed by atoms with Crippen molar-refractivity contribution >= 4 is 11.6 Å². The van der Waals surface area contributed by atoms with Gasteiger partial charge in [-0.15, -0.1) is 0 Å². The van der Waals surface area contributed by atoms with E-state index in [2.05, 4.69) is 5.32 Å². The molecule has 1 aromatic carbocycles. The topological polar surface area (TPSA) is 52.6 Å². The highest BCUT2D eigenvalue weighted by molar-refractivity contribution is 5.94. The van der Waals surface area contributed by atoms with Gasteiger partial charge in [0.25, 0.3) is 0 Å². The lowest BCUT2D eigenvalue weighted by atomic mass is 10.2. The van der Waals surface area contributed by atoms with Crippen LogP contribution in [0.2, 0.25) is 0 Å². The fourth-order valence-corrected chi connectivity index (χ4v) is 1.70. The van der Waals surface area contributed by atoms with Gasteiger partial charge in [0, 0.05) is 12.2 Å². The summed E-state index contributed by atoms with van der Waals surface area (Å²) in [7, 11) is 0. The largest absolute Gasteiger partial charge is 0.401 e. The number of benzene rings is 1. The Kier molecular flexibility index (Phi) is 5.97. The zero-order chi connectivity index (χ0) is 15.2. The van der Waals surface area contributed by atoms with E-state index in [4.69, 9.17) is 5.11 Å². The molecule has 0 saturated heterocycles. The molecule has 1 unspecified atom stereocenters. The first-order valence-corrected chi connectivity index (χ1v) is 6.11. The summed E-state index contributed by atoms with van der Waals surface area (Å²) in [4.78, 5) is 12.8. The van der Waals surface area contributed by atoms with E-state index in [9.17, 15) is 18.0 Å². The Morgan fingerprint density at radius 1 is 1.35 bits per heavy atom. The van der Waals surface area contributed by atoms with Crippen molar-refractivity contribution in [2.45, 2.75) is 19.1 Å². The summed E-state index contributed by atoms with van der Waals surface area (Å²) in [6.45, 7) is -0.529. The van der Waals surface area contributed by atoms with Gasteiger partial charge in [0.1, 0.15) is 0 Å². The number of carbonyl (C=O) groups is 1. The van der Waals surface area contributed by atoms with Gasteiger partial charge in [-0.05, 0) is 19.1 Å². The van der Waals surface area contributed by atoms with Gasteiger partial charge in [0.2, 0.25) is 5.91 Å². The average molecular weight is 290 g/mol. The molecule has 0 saturated carbocycles. The molecule has 7 heteroatoms. The van der Waals surface area contributed by atoms with Crippen LogP contribution in [0.5, 0.6) is 0 Å². The fraction of sp³-hybridized carbons (Fsp3) is 0.462. The van der Waals surface area contributed by atoms with E-state index in [-0.39, 0.29) is 6.54 Å². The van der Waals surface area contributed by atoms with Crippen LogP contribution in [0.25, 0.3) is 0 Å². The van der Waals surface area contributed by atoms with E-state index in [1.807, 2.05) is 0 Å². The number of aliphatic hydroxyl groups is 1. The molecule has 0 aliphatic carbocycles. The van der Waals surface area contributed by atoms with Gasteiger partial charge in [0.15, 0.2) is 0 Å². The molecule has 0 radical (unpaired) electrons. The summed E-state index contributed by atoms with van der Waals surface area (Å²) in [5.74, 6) is -0.547. The highest BCUT2D eigenvalue weighted by Crippen LogP contribution is 2.18. The Balaban J connectivity index is 2.68. The van der Waals surface area contributed by atoms with Gasteiger partial charge in [-0.1, -0.05) is 18.2 Å². The van der Waals surface area contributed by atoms with Gasteiger partial charge in [-0.2, -0.15) is 13.2 Å². The molecular formula is C13H17F3N2O2. The fourth-order valence-electron chi connectivity index (χ4n) is 1.70. The maximum Gasteiger partial charge on any atom is 0.401 e. The molecule has 1 amide bonds. The molecule has 1 rings (SSSR count). The SMILES string of the molecule is CC(C(=O)Nc1ccccc1)N(CCO)CC(F)(F)F. The van der Waals surface area contributed by atoms with Crippen LogP contribution in [0.4, 0.5) is 18.9 Å². The molecular weight excluding hydrogens is 273 g/mol. The highest BCUT2D eigenvalue weighted by Gasteiger charge is 2.34. The van der Waals surface area contributed by atoms with E-state index in [0.717, 1.165) is 4.90 Å². The third-order valence-electron chi connectivity index (χ3n) is 2.74. The molecule has 0 heterocycles. The van der Waals surface area contributed by atoms with E-state index < -0.39 is 31.3 Å². The molecule has 20 heavy (non-hydrogen) atoms. The standard InChI is InChI=1S/C13H17F3N2O2/c1-10(18(7-8-19)9-13(14,15)16)12(20)17-11-5-3-2-4-6-11/h2-6,10,19H,7-9H2,1H3,(H,17,20). The Hall–Kier alpha value is -1.60. The van der Waals surface area contributed by atoms with Gasteiger partial charge in [-0.3, -0.25) is 9.69 Å². The van der Waals surface area contributed by atoms with Crippen molar-refractivity contribution in [2.24, 2.45) is 0 Å². The van der Waals surface area contributed by atoms with Crippen molar-refractivity contribution in [3.63, 3.8) is 0 Å². The quantitative estimate of drug-likeness (QED) is 0.841. The monoisotopic (exact) mass is 290 g/mol. The molecule has 1 atom stereocenters. The van der Waals surface area contributed by atoms with Gasteiger partial charge in [0.05, 0.1) is 19.2 Å². The molecule has 0 aliphatic rings. The number of hydrogen-bond acceptors (Lipinski definition) is 3. The Bertz CT molecular complexity index is 423. The van der Waals surface area contributed by atoms with E-state index in [1.54, 1.807) is 30.3 Å². The number of nitrogens with one attached hydrogen (secondary N) is 1. The number of hydrogen-bond donors (Lipinski definition) is 2. The molecule has 2 N–H and O–H groups in total. The molecule has 0 aliphatic heterocycles. The number of amides is 1. The van der Waals surface area contributed by atoms with Crippen LogP contribution in [-0.2, 0) is 4.79 Å². The zero-order valence-corrected chi connectivity index (χ0v) is 11.0. The number of para-hydroxylation sites is 1. The molecule has 0 spiro atoms. The average Bonchev–Trinajstić information content (AvgIpc) is 2.37. The second kappa shape index (κ2) is 7.25. The predicted octanol–water partition coefficient (Wildman–Crippen LogP) is 1.87. The second-order valence-corrected chi connectivity index (χ2v) is 4.34. The van der Waals surface area contributed by atoms with Crippen LogP contribution in [0.15, 0.2) is 30.3 Å². The predicted molar refractivity (Wildman–Crippen MR) is 69.2 cm³/mol. The summed E-state index contributed by atoms with van der Waals surface area (Å²) in [5, 5.41) is 11.3. The van der Waals surface area contributed by atoms with E-state index in [0.29, 0.717) is 5.69 Å². The smallest absolute Gasteiger partial charge is 0.395 e. The van der Waals surface area contributed by atoms with Crippen LogP contribution in [-0.4, -0.2) is 47.8 Å². The minimum Gasteiger partial charge on any atom is -0.395 e. The van der Waals surface area contributed by atoms with Crippen molar-refractivity contribution < 1.29 is 23.1 Å². The Labute approximate surface area is 115 Å². The molecule has 112 valence electrons. The van der Waals surface area contributed by atoms with Crippen molar-refractivity contribution in [1.82, 2.24) is 4.90 Å². The summed E-state index contributed by atoms with van der Waals surface area (Å²) in [6.07, 6.45) is -4.42. The number of rotatable bonds is 6. The Morgan fingerprint density at radius 2 is 1.95 bits per heavy atom. The highest BCUT2D eigenvalue weighted by atomic mass is 19.4. The third kappa shape index (κ3) is 5.58. The first-order valence-electron chi connectivity index (χ1n) is 6.11. The molecule has 0 fully saturated rings. The van der Waals surface area contributed by atoms with Crippen LogP contribution >= 0.6 is 0 Å². The lowest BCUT2D eigenvalue weighted by Crippen LogP contribution is -2.47. The molecule has 0 bridgehead atoms. The van der Waals surface area contributed by atoms with Crippen LogP contribution in [0.1, 0.15) is 6.92 Å². The van der Waals surface area contributed by atoms with Crippen LogP contribution in [0, 0.1) is 0 Å². The summed E-state index contributed by atoms with van der Waals surface area (Å²) in [6, 6.07) is 7.48. The summed E-state index contributed by atoms with van der Waals surface area (Å²) in [5.41, 5.74) is 0.514. The lowest BCUT2D eigenvalue weighted by molar-refractivity contribution is -0.153. The first kappa shape index (κ1) is 16.5. The molecule has 0 aromatic heterocycles. The van der Waals surface area contributed by atoms with E-state index in [1.165, 1.54) is 6.92 Å². The number of halogens is 3. The maximum absolute atomic E-state index is 12.4. The lowest BCUT2D eigenvalue weighted by Gasteiger charge is -2.28. The van der Waals surface area contributed by atoms with Gasteiger partial charge in [-0.25, -0.2) is 0 Å². The van der Waals surface area contributed by atoms with Crippen LogP contribution in [0.3, 0.4) is 0 Å². The Morgan fingerprint density at radius 3 is 2.45 bits per heavy atom. The van der Waals surface area contributed by atoms with Crippen molar-refractivity contribution in [3.8, 4) is 0 Å². The number of anilines is 1. The first-order chi connectivity index (χ1) is 9.33. The van der Waals surface area contributed by atoms with Gasteiger partial charge >= 0.3 is 6.18 Å². The molecule has 1 aromatic rings. The zero-order valence-electron chi connectivity index (χ0n) is 11.0. The maximum atomic E-state index is 12.4.